The van der Waals surface area contributed by atoms with Crippen molar-refractivity contribution in [2.75, 3.05) is 166 Å². The van der Waals surface area contributed by atoms with Crippen LogP contribution in [0.5, 0.6) is 0 Å². The first-order chi connectivity index (χ1) is 37.0. The van der Waals surface area contributed by atoms with Gasteiger partial charge in [0, 0.05) is 40.0 Å². The van der Waals surface area contributed by atoms with E-state index in [0.717, 1.165) is 0 Å². The maximum absolute atomic E-state index is 12.8. The van der Waals surface area contributed by atoms with Crippen LogP contribution in [0.25, 0.3) is 0 Å². The summed E-state index contributed by atoms with van der Waals surface area (Å²) in [5, 5.41) is 0. The molecule has 0 heterocycles. The van der Waals surface area contributed by atoms with Gasteiger partial charge in [0.25, 0.3) is 0 Å². The predicted molar refractivity (Wildman–Crippen MR) is 270 cm³/mol. The molecule has 41 heteroatoms. The predicted octanol–water partition coefficient (Wildman–Crippen LogP) is -1.29. The lowest BCUT2D eigenvalue weighted by atomic mass is 9.79. The normalized spacial score (nSPS) is 27.7. The minimum Gasteiger partial charge on any atom is -0.382 e. The zero-order valence-corrected chi connectivity index (χ0v) is 50.0. The molecular weight excluding hydrogens is 1210 g/mol. The lowest BCUT2D eigenvalue weighted by Crippen LogP contribution is -2.65. The van der Waals surface area contributed by atoms with Gasteiger partial charge in [-0.25, -0.2) is 9.13 Å². The SMILES string of the molecule is COCCOCCO[C@@H]1[C@@H](OP(=O)(O)O)[C@@H](OCCOCCOC2[C@@H](O[PH](=O)O)[C@H](PCCOCCOC)[C@@H](OP(=O)(O)O)[C@H](OCCOCCOC)[C@H]2O[PH](=O)O)[C@@H](CP(=O)(O)O)[C@H](OCCOCCOC)[C@H]1O[PH](=O)O. The molecule has 9 N–H and O–H groups in total. The molecule has 0 bridgehead atoms. The van der Waals surface area contributed by atoms with E-state index in [0.29, 0.717) is 0 Å². The topological polar surface area (TPSA) is 460 Å². The summed E-state index contributed by atoms with van der Waals surface area (Å²) in [7, 11) is -22.7. The summed E-state index contributed by atoms with van der Waals surface area (Å²) in [4.78, 5) is 91.4. The molecule has 466 valence electrons. The summed E-state index contributed by atoms with van der Waals surface area (Å²) in [6.07, 6.45) is -18.4. The van der Waals surface area contributed by atoms with Gasteiger partial charge in [-0.3, -0.25) is 27.3 Å². The minimum absolute atomic E-state index is 0.0638. The van der Waals surface area contributed by atoms with E-state index in [1.54, 1.807) is 0 Å². The quantitative estimate of drug-likeness (QED) is 0.0253. The highest BCUT2D eigenvalue weighted by atomic mass is 31.2. The van der Waals surface area contributed by atoms with E-state index in [4.69, 9.17) is 88.9 Å². The fraction of sp³-hybridized carbons (Fsp3) is 1.00. The molecule has 0 saturated heterocycles. The molecule has 78 heavy (non-hydrogen) atoms. The summed E-state index contributed by atoms with van der Waals surface area (Å²) >= 11 is 0. The molecule has 34 nitrogen and oxygen atoms in total. The highest BCUT2D eigenvalue weighted by Gasteiger charge is 2.58. The number of hydrogen-bond donors (Lipinski definition) is 9. The number of hydrogen-bond acceptors (Lipinski definition) is 25. The third kappa shape index (κ3) is 31.7. The van der Waals surface area contributed by atoms with Gasteiger partial charge in [-0.2, -0.15) is 0 Å². The average Bonchev–Trinajstić information content (AvgIpc) is 3.33. The van der Waals surface area contributed by atoms with Crippen molar-refractivity contribution in [1.29, 1.82) is 0 Å². The number of phosphoric ester groups is 2. The molecule has 2 aliphatic carbocycles. The van der Waals surface area contributed by atoms with Crippen molar-refractivity contribution in [2.45, 2.75) is 66.7 Å². The van der Waals surface area contributed by atoms with Gasteiger partial charge in [0.05, 0.1) is 144 Å². The summed E-state index contributed by atoms with van der Waals surface area (Å²) < 4.78 is 179. The smallest absolute Gasteiger partial charge is 0.382 e. The van der Waals surface area contributed by atoms with E-state index >= 15 is 0 Å². The van der Waals surface area contributed by atoms with Crippen molar-refractivity contribution in [1.82, 2.24) is 0 Å². The zero-order chi connectivity index (χ0) is 58.2. The average molecular weight is 1280 g/mol. The molecule has 0 aromatic carbocycles. The summed E-state index contributed by atoms with van der Waals surface area (Å²) in [6.45, 7) is -1.99. The fourth-order valence-electron chi connectivity index (χ4n) is 8.03. The maximum atomic E-state index is 12.8. The Morgan fingerprint density at radius 2 is 0.667 bits per heavy atom. The van der Waals surface area contributed by atoms with Gasteiger partial charge >= 0.3 is 48.0 Å². The Morgan fingerprint density at radius 1 is 0.372 bits per heavy atom. The monoisotopic (exact) mass is 1280 g/mol. The van der Waals surface area contributed by atoms with Crippen LogP contribution in [0, 0.1) is 5.92 Å². The molecule has 2 fully saturated rings. The molecule has 0 aliphatic heterocycles. The second-order valence-corrected chi connectivity index (χ2v) is 24.3. The van der Waals surface area contributed by atoms with E-state index < -0.39 is 162 Å². The van der Waals surface area contributed by atoms with Crippen LogP contribution in [0.15, 0.2) is 0 Å². The standard InChI is InChI=1S/C37H79O34P7/c1-53-5-9-57-13-18-62-27-26(25-76(44,45)46)28(34(70-77(47,48)49)29(32(27)67-73(38)39)64-20-15-58-10-6-54-2)63-19-14-60-17-21-65-30-33(68-74(40)41)31(66-22-16-59-11-7-55-3)36(71-78(50,51)52)37(35(30)69-75(42)43)72-24-23-61-12-8-56-4/h26-37,72-75H,5-25H2,1-4H3,(H,38,39)(H,40,41)(H,42,43)(H2,44,45,46)(H2,47,48,49)(H2,50,51,52)/t26-,27-,28-,29-,30?,31+,32+,33-,34-,35+,36-,37-/m0/s1. The first-order valence-corrected chi connectivity index (χ1v) is 33.8. The van der Waals surface area contributed by atoms with Crippen LogP contribution in [-0.4, -0.2) is 277 Å². The zero-order valence-electron chi connectivity index (χ0n) is 43.4. The molecular formula is C37H79O34P7. The molecule has 2 aliphatic rings. The molecule has 0 aromatic rings. The number of phosphoric acid groups is 2. The summed E-state index contributed by atoms with van der Waals surface area (Å²) in [5.41, 5.74) is -1.25. The van der Waals surface area contributed by atoms with Crippen LogP contribution in [0.3, 0.4) is 0 Å². The highest BCUT2D eigenvalue weighted by Crippen LogP contribution is 2.52. The van der Waals surface area contributed by atoms with Crippen LogP contribution in [0.1, 0.15) is 0 Å². The fourth-order valence-corrected chi connectivity index (χ4v) is 13.5. The molecule has 0 spiro atoms. The van der Waals surface area contributed by atoms with Crippen LogP contribution in [0.4, 0.5) is 0 Å². The van der Waals surface area contributed by atoms with Gasteiger partial charge in [0.2, 0.25) is 0 Å². The summed E-state index contributed by atoms with van der Waals surface area (Å²) in [5.74, 6) is -1.64. The molecule has 2 saturated carbocycles. The van der Waals surface area contributed by atoms with Gasteiger partial charge < -0.3 is 124 Å². The molecule has 0 amide bonds. The molecule has 5 unspecified atom stereocenters. The third-order valence-electron chi connectivity index (χ3n) is 10.9. The minimum atomic E-state index is -5.58. The van der Waals surface area contributed by atoms with E-state index in [2.05, 4.69) is 0 Å². The van der Waals surface area contributed by atoms with Crippen LogP contribution in [0.2, 0.25) is 0 Å². The Bertz CT molecular complexity index is 1700. The van der Waals surface area contributed by atoms with Gasteiger partial charge in [-0.1, -0.05) is 0 Å². The van der Waals surface area contributed by atoms with Crippen LogP contribution in [-0.2, 0) is 116 Å². The maximum Gasteiger partial charge on any atom is 0.470 e. The Balaban J connectivity index is 2.54. The molecule has 0 aromatic heterocycles. The van der Waals surface area contributed by atoms with E-state index in [1.807, 2.05) is 0 Å². The lowest BCUT2D eigenvalue weighted by Gasteiger charge is -2.49. The second kappa shape index (κ2) is 41.7. The Morgan fingerprint density at radius 3 is 1.03 bits per heavy atom. The Hall–Kier alpha value is 0.690. The largest absolute Gasteiger partial charge is 0.470 e. The summed E-state index contributed by atoms with van der Waals surface area (Å²) in [6, 6.07) is 0. The first kappa shape index (κ1) is 74.8. The van der Waals surface area contributed by atoms with Crippen molar-refractivity contribution in [2.24, 2.45) is 5.92 Å². The highest BCUT2D eigenvalue weighted by molar-refractivity contribution is 7.51. The van der Waals surface area contributed by atoms with E-state index in [-0.39, 0.29) is 105 Å². The van der Waals surface area contributed by atoms with Gasteiger partial charge in [-0.15, -0.1) is 8.58 Å². The van der Waals surface area contributed by atoms with Crippen molar-refractivity contribution in [3.63, 3.8) is 0 Å². The third-order valence-corrected chi connectivity index (χ3v) is 15.8. The second-order valence-electron chi connectivity index (χ2n) is 16.4. The number of rotatable bonds is 48. The molecule has 2 rings (SSSR count). The Kier molecular flexibility index (Phi) is 40.0. The molecule has 0 radical (unpaired) electrons. The van der Waals surface area contributed by atoms with Crippen molar-refractivity contribution in [3.8, 4) is 0 Å². The van der Waals surface area contributed by atoms with Gasteiger partial charge in [-0.05, 0) is 6.16 Å². The van der Waals surface area contributed by atoms with Crippen molar-refractivity contribution in [3.05, 3.63) is 0 Å². The van der Waals surface area contributed by atoms with Crippen molar-refractivity contribution >= 4 is 56.6 Å². The van der Waals surface area contributed by atoms with E-state index in [9.17, 15) is 71.4 Å². The lowest BCUT2D eigenvalue weighted by molar-refractivity contribution is -0.232. The Labute approximate surface area is 454 Å². The number of methoxy groups -OCH3 is 4. The van der Waals surface area contributed by atoms with Crippen LogP contribution < -0.4 is 0 Å². The van der Waals surface area contributed by atoms with Crippen molar-refractivity contribution < 1.29 is 160 Å². The van der Waals surface area contributed by atoms with E-state index in [1.165, 1.54) is 28.4 Å². The number of ether oxygens (including phenoxy) is 14. The molecule has 16 atom stereocenters. The first-order valence-electron chi connectivity index (χ1n) is 23.8. The van der Waals surface area contributed by atoms with Gasteiger partial charge in [0.15, 0.2) is 0 Å². The van der Waals surface area contributed by atoms with Gasteiger partial charge in [0.1, 0.15) is 48.8 Å². The van der Waals surface area contributed by atoms with Crippen LogP contribution >= 0.6 is 56.6 Å².